The third kappa shape index (κ3) is 36.2. The summed E-state index contributed by atoms with van der Waals surface area (Å²) in [6.07, 6.45) is 20.6. The smallest absolute Gasteiger partial charge is 0.356 e. The molecular formula is C21H46CuN4O6. The van der Waals surface area contributed by atoms with Gasteiger partial charge in [-0.1, -0.05) is 96.8 Å². The Balaban J connectivity index is -0.000000372. The Hall–Kier alpha value is -1.16. The summed E-state index contributed by atoms with van der Waals surface area (Å²) in [5, 5.41) is 29.5. The predicted molar refractivity (Wildman–Crippen MR) is 127 cm³/mol. The average molecular weight is 514 g/mol. The average Bonchev–Trinajstić information content (AvgIpc) is 2.60. The van der Waals surface area contributed by atoms with E-state index in [4.69, 9.17) is 42.1 Å². The molecule has 0 rings (SSSR count). The van der Waals surface area contributed by atoms with Crippen LogP contribution in [0.4, 0.5) is 0 Å². The fourth-order valence-electron chi connectivity index (χ4n) is 3.01. The van der Waals surface area contributed by atoms with Gasteiger partial charge in [0.15, 0.2) is 0 Å². The third-order valence-electron chi connectivity index (χ3n) is 5.52. The Kier molecular flexibility index (Phi) is 29.2. The Morgan fingerprint density at radius 3 is 1.03 bits per heavy atom. The summed E-state index contributed by atoms with van der Waals surface area (Å²) >= 11 is 0. The Morgan fingerprint density at radius 2 is 0.812 bits per heavy atom. The number of nitrogens with zero attached hydrogens (tertiary/aromatic N) is 2. The topological polar surface area (TPSA) is 184 Å². The third-order valence-corrected chi connectivity index (χ3v) is 5.52. The van der Waals surface area contributed by atoms with Gasteiger partial charge in [-0.15, -0.1) is 0 Å². The van der Waals surface area contributed by atoms with E-state index in [0.29, 0.717) is 0 Å². The molecule has 0 saturated carbocycles. The van der Waals surface area contributed by atoms with Crippen molar-refractivity contribution in [2.45, 2.75) is 135 Å². The van der Waals surface area contributed by atoms with Gasteiger partial charge in [0.2, 0.25) is 0 Å². The summed E-state index contributed by atoms with van der Waals surface area (Å²) < 4.78 is 0. The Labute approximate surface area is 204 Å². The molecule has 197 valence electrons. The van der Waals surface area contributed by atoms with Crippen molar-refractivity contribution in [2.75, 3.05) is 0 Å². The van der Waals surface area contributed by atoms with Gasteiger partial charge in [0.1, 0.15) is 0 Å². The monoisotopic (exact) mass is 513 g/mol. The maximum atomic E-state index is 8.25. The minimum absolute atomic E-state index is 0. The standard InChI is InChI=1S/C21H46N2.Cu.2NO3/c1-5-6-7-8-9-10-11-12-13-14-15-16-17-18-19-21(4,23)20(2,3)22;;2*2-1(3)4/h5-19,22-23H2,1-4H3;;;/q;+2;2*-1. The van der Waals surface area contributed by atoms with Crippen molar-refractivity contribution < 1.29 is 27.2 Å². The fraction of sp³-hybridized carbons (Fsp3) is 1.00. The van der Waals surface area contributed by atoms with Crippen LogP contribution in [0.25, 0.3) is 0 Å². The molecule has 4 N–H and O–H groups in total. The van der Waals surface area contributed by atoms with Gasteiger partial charge >= 0.3 is 17.1 Å². The summed E-state index contributed by atoms with van der Waals surface area (Å²) in [7, 11) is 0. The van der Waals surface area contributed by atoms with Gasteiger partial charge in [-0.2, -0.15) is 0 Å². The quantitative estimate of drug-likeness (QED) is 0.111. The first-order valence-corrected chi connectivity index (χ1v) is 11.5. The summed E-state index contributed by atoms with van der Waals surface area (Å²) in [6, 6.07) is 0. The largest absolute Gasteiger partial charge is 2.00 e. The van der Waals surface area contributed by atoms with Crippen molar-refractivity contribution >= 4 is 0 Å². The molecule has 1 unspecified atom stereocenters. The first kappa shape index (κ1) is 38.1. The van der Waals surface area contributed by atoms with Crippen LogP contribution in [-0.4, -0.2) is 21.3 Å². The van der Waals surface area contributed by atoms with Gasteiger partial charge in [-0.3, -0.25) is 0 Å². The van der Waals surface area contributed by atoms with Crippen LogP contribution < -0.4 is 11.5 Å². The van der Waals surface area contributed by atoms with E-state index in [1.165, 1.54) is 89.9 Å². The van der Waals surface area contributed by atoms with Crippen molar-refractivity contribution in [3.8, 4) is 0 Å². The number of hydrogen-bond donors (Lipinski definition) is 2. The zero-order valence-electron chi connectivity index (χ0n) is 20.4. The number of hydrogen-bond acceptors (Lipinski definition) is 8. The van der Waals surface area contributed by atoms with E-state index in [1.807, 2.05) is 13.8 Å². The van der Waals surface area contributed by atoms with Gasteiger partial charge in [0.25, 0.3) is 0 Å². The van der Waals surface area contributed by atoms with Gasteiger partial charge in [-0.25, -0.2) is 0 Å². The first-order valence-electron chi connectivity index (χ1n) is 11.5. The van der Waals surface area contributed by atoms with Crippen LogP contribution in [0.2, 0.25) is 0 Å². The maximum absolute atomic E-state index is 8.25. The summed E-state index contributed by atoms with van der Waals surface area (Å²) in [4.78, 5) is 16.5. The molecule has 0 amide bonds. The maximum Gasteiger partial charge on any atom is 2.00 e. The normalized spacial score (nSPS) is 12.2. The van der Waals surface area contributed by atoms with E-state index in [0.717, 1.165) is 6.42 Å². The van der Waals surface area contributed by atoms with E-state index in [9.17, 15) is 0 Å². The Bertz CT molecular complexity index is 415. The SMILES string of the molecule is CCCCCCCCCCCCCCCCC(C)(N)C(C)(C)N.O=[N+]([O-])[O-].O=[N+]([O-])[O-].[Cu+2]. The molecule has 32 heavy (non-hydrogen) atoms. The molecule has 0 fully saturated rings. The summed E-state index contributed by atoms with van der Waals surface area (Å²) in [5.74, 6) is 0. The van der Waals surface area contributed by atoms with E-state index < -0.39 is 10.2 Å². The number of nitrogens with two attached hydrogens (primary N) is 2. The molecule has 0 aromatic heterocycles. The second-order valence-corrected chi connectivity index (χ2v) is 8.93. The molecule has 0 aliphatic rings. The van der Waals surface area contributed by atoms with Gasteiger partial charge in [0.05, 0.1) is 10.2 Å². The molecule has 0 saturated heterocycles. The van der Waals surface area contributed by atoms with Crippen molar-refractivity contribution in [3.05, 3.63) is 30.6 Å². The van der Waals surface area contributed by atoms with E-state index in [2.05, 4.69) is 13.8 Å². The van der Waals surface area contributed by atoms with E-state index in [-0.39, 0.29) is 28.1 Å². The fourth-order valence-corrected chi connectivity index (χ4v) is 3.01. The zero-order chi connectivity index (χ0) is 24.8. The van der Waals surface area contributed by atoms with Crippen LogP contribution in [0.1, 0.15) is 124 Å². The van der Waals surface area contributed by atoms with Crippen LogP contribution in [0.3, 0.4) is 0 Å². The molecular weight excluding hydrogens is 468 g/mol. The first-order chi connectivity index (χ1) is 14.3. The molecule has 0 spiro atoms. The molecule has 10 nitrogen and oxygen atoms in total. The van der Waals surface area contributed by atoms with Crippen molar-refractivity contribution in [1.82, 2.24) is 0 Å². The summed E-state index contributed by atoms with van der Waals surface area (Å²) in [5.41, 5.74) is 11.9. The molecule has 0 aliphatic heterocycles. The minimum atomic E-state index is -1.75. The van der Waals surface area contributed by atoms with Gasteiger partial charge in [0, 0.05) is 11.1 Å². The van der Waals surface area contributed by atoms with Crippen molar-refractivity contribution in [1.29, 1.82) is 0 Å². The minimum Gasteiger partial charge on any atom is -0.356 e. The van der Waals surface area contributed by atoms with Crippen LogP contribution in [0, 0.1) is 30.6 Å². The molecule has 0 aromatic rings. The van der Waals surface area contributed by atoms with Gasteiger partial charge < -0.3 is 42.1 Å². The zero-order valence-corrected chi connectivity index (χ0v) is 21.3. The van der Waals surface area contributed by atoms with Crippen molar-refractivity contribution in [3.63, 3.8) is 0 Å². The molecule has 0 aromatic carbocycles. The van der Waals surface area contributed by atoms with Crippen LogP contribution in [0.5, 0.6) is 0 Å². The number of unbranched alkanes of at least 4 members (excludes halogenated alkanes) is 13. The second kappa shape index (κ2) is 24.5. The van der Waals surface area contributed by atoms with E-state index in [1.54, 1.807) is 0 Å². The number of rotatable bonds is 16. The molecule has 11 heteroatoms. The summed E-state index contributed by atoms with van der Waals surface area (Å²) in [6.45, 7) is 8.45. The van der Waals surface area contributed by atoms with Crippen LogP contribution in [0.15, 0.2) is 0 Å². The second-order valence-electron chi connectivity index (χ2n) is 8.93. The van der Waals surface area contributed by atoms with Crippen LogP contribution in [-0.2, 0) is 17.1 Å². The van der Waals surface area contributed by atoms with Gasteiger partial charge in [-0.05, 0) is 27.2 Å². The van der Waals surface area contributed by atoms with Crippen molar-refractivity contribution in [2.24, 2.45) is 11.5 Å². The Morgan fingerprint density at radius 1 is 0.594 bits per heavy atom. The molecule has 0 aliphatic carbocycles. The van der Waals surface area contributed by atoms with E-state index >= 15 is 0 Å². The molecule has 0 bridgehead atoms. The molecule has 1 radical (unpaired) electrons. The predicted octanol–water partition coefficient (Wildman–Crippen LogP) is 5.83. The van der Waals surface area contributed by atoms with Crippen LogP contribution >= 0.6 is 0 Å². The molecule has 0 heterocycles. The molecule has 1 atom stereocenters.